The van der Waals surface area contributed by atoms with Crippen molar-refractivity contribution in [1.82, 2.24) is 0 Å². The molecule has 0 bridgehead atoms. The van der Waals surface area contributed by atoms with Gasteiger partial charge in [-0.2, -0.15) is 0 Å². The van der Waals surface area contributed by atoms with E-state index in [9.17, 15) is 14.7 Å². The highest BCUT2D eigenvalue weighted by Crippen LogP contribution is 2.31. The number of benzene rings is 2. The zero-order chi connectivity index (χ0) is 29.6. The Kier molecular flexibility index (Phi) is 12.7. The van der Waals surface area contributed by atoms with Gasteiger partial charge in [0.05, 0.1) is 6.10 Å². The molecule has 2 aromatic rings. The first-order chi connectivity index (χ1) is 20.5. The van der Waals surface area contributed by atoms with Gasteiger partial charge in [0.2, 0.25) is 5.76 Å². The molecule has 228 valence electrons. The van der Waals surface area contributed by atoms with Gasteiger partial charge in [-0.25, -0.2) is 4.79 Å². The van der Waals surface area contributed by atoms with Crippen molar-refractivity contribution in [3.05, 3.63) is 83.3 Å². The fourth-order valence-electron chi connectivity index (χ4n) is 5.30. The van der Waals surface area contributed by atoms with Gasteiger partial charge >= 0.3 is 11.9 Å². The minimum Gasteiger partial charge on any atom is -0.485 e. The maximum absolute atomic E-state index is 12.7. The summed E-state index contributed by atoms with van der Waals surface area (Å²) >= 11 is 0. The molecule has 8 nitrogen and oxygen atoms in total. The smallest absolute Gasteiger partial charge is 0.378 e. The normalized spacial score (nSPS) is 21.1. The molecule has 4 rings (SSSR count). The third kappa shape index (κ3) is 9.88. The van der Waals surface area contributed by atoms with Gasteiger partial charge in [0.1, 0.15) is 25.9 Å². The molecule has 2 aliphatic rings. The first-order valence-electron chi connectivity index (χ1n) is 15.3. The number of hydrogen-bond donors (Lipinski definition) is 1. The quantitative estimate of drug-likeness (QED) is 0.179. The molecule has 8 heteroatoms. The summed E-state index contributed by atoms with van der Waals surface area (Å²) in [4.78, 5) is 25.3. The van der Waals surface area contributed by atoms with Crippen molar-refractivity contribution in [3.8, 4) is 0 Å². The van der Waals surface area contributed by atoms with Gasteiger partial charge in [-0.05, 0) is 55.6 Å². The van der Waals surface area contributed by atoms with Crippen LogP contribution in [0.1, 0.15) is 75.8 Å². The first-order valence-corrected chi connectivity index (χ1v) is 15.3. The zero-order valence-corrected chi connectivity index (χ0v) is 24.6. The van der Waals surface area contributed by atoms with Crippen LogP contribution in [0, 0.1) is 5.92 Å². The number of aliphatic hydroxyl groups excluding tert-OH is 1. The number of carbonyl (C=O) groups excluding carboxylic acids is 2. The van der Waals surface area contributed by atoms with Gasteiger partial charge < -0.3 is 28.8 Å². The third-order valence-corrected chi connectivity index (χ3v) is 7.78. The van der Waals surface area contributed by atoms with Crippen LogP contribution in [0.5, 0.6) is 0 Å². The Labute approximate surface area is 249 Å². The van der Waals surface area contributed by atoms with Crippen molar-refractivity contribution in [2.24, 2.45) is 5.92 Å². The minimum absolute atomic E-state index is 0.0879. The number of ether oxygens (including phenoxy) is 5. The molecule has 0 amide bonds. The molecule has 42 heavy (non-hydrogen) atoms. The molecule has 0 saturated heterocycles. The summed E-state index contributed by atoms with van der Waals surface area (Å²) in [6, 6.07) is 18.9. The Morgan fingerprint density at radius 1 is 0.929 bits per heavy atom. The lowest BCUT2D eigenvalue weighted by atomic mass is 9.84. The fraction of sp³-hybridized carbons (Fsp3) is 0.529. The fourth-order valence-corrected chi connectivity index (χ4v) is 5.30. The summed E-state index contributed by atoms with van der Waals surface area (Å²) in [5.74, 6) is -0.631. The molecule has 1 aliphatic heterocycles. The number of cyclic esters (lactones) is 1. The van der Waals surface area contributed by atoms with Crippen molar-refractivity contribution < 1.29 is 38.4 Å². The molecule has 1 fully saturated rings. The van der Waals surface area contributed by atoms with Crippen LogP contribution >= 0.6 is 0 Å². The Balaban J connectivity index is 1.26. The topological polar surface area (TPSA) is 101 Å². The Morgan fingerprint density at radius 3 is 2.21 bits per heavy atom. The van der Waals surface area contributed by atoms with Gasteiger partial charge in [-0.1, -0.05) is 80.4 Å². The highest BCUT2D eigenvalue weighted by atomic mass is 16.6. The van der Waals surface area contributed by atoms with Crippen LogP contribution in [0.25, 0.3) is 0 Å². The summed E-state index contributed by atoms with van der Waals surface area (Å²) in [5.41, 5.74) is 1.75. The monoisotopic (exact) mass is 580 g/mol. The van der Waals surface area contributed by atoms with Crippen molar-refractivity contribution in [3.63, 3.8) is 0 Å². The molecule has 0 aromatic heterocycles. The van der Waals surface area contributed by atoms with Gasteiger partial charge in [0.15, 0.2) is 11.9 Å². The molecule has 1 aliphatic carbocycles. The summed E-state index contributed by atoms with van der Waals surface area (Å²) in [7, 11) is 0. The molecule has 2 atom stereocenters. The third-order valence-electron chi connectivity index (χ3n) is 7.78. The van der Waals surface area contributed by atoms with E-state index in [1.165, 1.54) is 12.8 Å². The lowest BCUT2D eigenvalue weighted by Gasteiger charge is -2.28. The lowest BCUT2D eigenvalue weighted by molar-refractivity contribution is -0.155. The molecule has 1 saturated carbocycles. The second kappa shape index (κ2) is 16.9. The molecule has 0 radical (unpaired) electrons. The Bertz CT molecular complexity index is 1120. The molecular formula is C34H44O8. The van der Waals surface area contributed by atoms with Crippen molar-refractivity contribution in [1.29, 1.82) is 0 Å². The van der Waals surface area contributed by atoms with Gasteiger partial charge in [-0.15, -0.1) is 0 Å². The van der Waals surface area contributed by atoms with Crippen LogP contribution in [-0.2, 0) is 46.5 Å². The number of rotatable bonds is 17. The molecule has 1 heterocycles. The largest absolute Gasteiger partial charge is 0.485 e. The van der Waals surface area contributed by atoms with Crippen molar-refractivity contribution >= 4 is 11.9 Å². The van der Waals surface area contributed by atoms with E-state index in [1.54, 1.807) is 0 Å². The van der Waals surface area contributed by atoms with E-state index in [0.717, 1.165) is 56.3 Å². The molecule has 1 unspecified atom stereocenters. The summed E-state index contributed by atoms with van der Waals surface area (Å²) in [5, 5.41) is 10.9. The molecule has 0 spiro atoms. The number of unbranched alkanes of at least 4 members (excludes halogenated alkanes) is 2. The van der Waals surface area contributed by atoms with Crippen LogP contribution in [0.3, 0.4) is 0 Å². The van der Waals surface area contributed by atoms with Crippen LogP contribution in [0.2, 0.25) is 0 Å². The predicted molar refractivity (Wildman–Crippen MR) is 157 cm³/mol. The average Bonchev–Trinajstić information content (AvgIpc) is 3.35. The molecular weight excluding hydrogens is 536 g/mol. The van der Waals surface area contributed by atoms with E-state index in [1.807, 2.05) is 60.7 Å². The van der Waals surface area contributed by atoms with E-state index in [2.05, 4.69) is 6.92 Å². The summed E-state index contributed by atoms with van der Waals surface area (Å²) in [6.07, 6.45) is 6.59. The Morgan fingerprint density at radius 2 is 1.57 bits per heavy atom. The first kappa shape index (κ1) is 31.6. The molecule has 1 N–H and O–H groups in total. The average molecular weight is 581 g/mol. The highest BCUT2D eigenvalue weighted by Gasteiger charge is 2.42. The van der Waals surface area contributed by atoms with Gasteiger partial charge in [0.25, 0.3) is 0 Å². The second-order valence-electron chi connectivity index (χ2n) is 11.1. The standard InChI is InChI=1S/C34H44O8/c1-2-3-10-21-38-28-18-15-25(16-19-28)17-20-30(36)39-24-29(35)31-32(40-22-26-11-6-4-7-12-26)33(34(37)42-31)41-23-27-13-8-5-9-14-27/h4-9,11-14,25,28-29,31,35H,2-3,10,15-24H2,1H3/t25?,28?,29?,31-/m1/s1. The maximum atomic E-state index is 12.7. The lowest BCUT2D eigenvalue weighted by Crippen LogP contribution is -2.34. The van der Waals surface area contributed by atoms with E-state index in [-0.39, 0.29) is 43.7 Å². The number of hydrogen-bond acceptors (Lipinski definition) is 8. The van der Waals surface area contributed by atoms with Crippen LogP contribution in [0.4, 0.5) is 0 Å². The van der Waals surface area contributed by atoms with Gasteiger partial charge in [0, 0.05) is 13.0 Å². The maximum Gasteiger partial charge on any atom is 0.378 e. The highest BCUT2D eigenvalue weighted by molar-refractivity contribution is 5.89. The second-order valence-corrected chi connectivity index (χ2v) is 11.1. The van der Waals surface area contributed by atoms with Crippen molar-refractivity contribution in [2.75, 3.05) is 13.2 Å². The SMILES string of the molecule is CCCCCOC1CCC(CCC(=O)OCC(O)[C@H]2OC(=O)C(OCc3ccccc3)=C2OCc2ccccc2)CC1. The van der Waals surface area contributed by atoms with E-state index in [0.29, 0.717) is 12.0 Å². The predicted octanol–water partition coefficient (Wildman–Crippen LogP) is 6.01. The van der Waals surface area contributed by atoms with E-state index >= 15 is 0 Å². The summed E-state index contributed by atoms with van der Waals surface area (Å²) in [6.45, 7) is 2.99. The zero-order valence-electron chi connectivity index (χ0n) is 24.6. The number of aliphatic hydroxyl groups is 1. The molecule has 2 aromatic carbocycles. The summed E-state index contributed by atoms with van der Waals surface area (Å²) < 4.78 is 28.6. The Hall–Kier alpha value is -3.36. The minimum atomic E-state index is -1.30. The van der Waals surface area contributed by atoms with E-state index in [4.69, 9.17) is 23.7 Å². The van der Waals surface area contributed by atoms with Crippen LogP contribution in [-0.4, -0.2) is 48.6 Å². The number of esters is 2. The number of carbonyl (C=O) groups is 2. The van der Waals surface area contributed by atoms with E-state index < -0.39 is 18.2 Å². The van der Waals surface area contributed by atoms with Gasteiger partial charge in [-0.3, -0.25) is 4.79 Å². The van der Waals surface area contributed by atoms with Crippen molar-refractivity contribution in [2.45, 2.75) is 96.2 Å². The van der Waals surface area contributed by atoms with Crippen LogP contribution in [0.15, 0.2) is 72.2 Å². The van der Waals surface area contributed by atoms with Crippen LogP contribution < -0.4 is 0 Å².